The van der Waals surface area contributed by atoms with E-state index in [-0.39, 0.29) is 31.9 Å². The van der Waals surface area contributed by atoms with Crippen LogP contribution in [-0.4, -0.2) is 53.7 Å². The van der Waals surface area contributed by atoms with Crippen molar-refractivity contribution in [2.45, 2.75) is 44.6 Å². The summed E-state index contributed by atoms with van der Waals surface area (Å²) < 4.78 is 5.55. The number of carboxylic acid groups (broad SMARTS) is 1. The lowest BCUT2D eigenvalue weighted by Crippen LogP contribution is -2.50. The highest BCUT2D eigenvalue weighted by atomic mass is 16.5. The number of unbranched alkanes of at least 4 members (excludes halogenated alkanes) is 1. The van der Waals surface area contributed by atoms with E-state index >= 15 is 0 Å². The molecule has 0 bridgehead atoms. The maximum Gasteiger partial charge on any atom is 0.407 e. The molecule has 8 nitrogen and oxygen atoms in total. The normalized spacial score (nSPS) is 12.7. The third kappa shape index (κ3) is 5.93. The lowest BCUT2D eigenvalue weighted by Gasteiger charge is -2.26. The minimum atomic E-state index is -1.13. The van der Waals surface area contributed by atoms with E-state index < -0.39 is 30.6 Å². The molecule has 0 spiro atoms. The Labute approximate surface area is 199 Å². The molecule has 1 aliphatic rings. The molecule has 178 valence electrons. The Kier molecular flexibility index (Phi) is 8.63. The van der Waals surface area contributed by atoms with Crippen molar-refractivity contribution >= 4 is 18.0 Å². The summed E-state index contributed by atoms with van der Waals surface area (Å²) in [5.74, 6) is -1.73. The summed E-state index contributed by atoms with van der Waals surface area (Å²) in [5, 5.41) is 20.6. The van der Waals surface area contributed by atoms with E-state index in [4.69, 9.17) is 15.1 Å². The van der Waals surface area contributed by atoms with Crippen molar-refractivity contribution < 1.29 is 24.2 Å². The third-order valence-electron chi connectivity index (χ3n) is 5.85. The number of aliphatic carboxylic acids is 1. The lowest BCUT2D eigenvalue weighted by molar-refractivity contribution is -0.145. The SMILES string of the molecule is CCCN(CC(=O)O)C(=O)C(CCCC#N)NC(=O)OCC1c2ccccc2-c2ccccc21. The van der Waals surface area contributed by atoms with E-state index in [0.717, 1.165) is 22.3 Å². The van der Waals surface area contributed by atoms with E-state index in [1.807, 2.05) is 61.5 Å². The highest BCUT2D eigenvalue weighted by Gasteiger charge is 2.31. The number of amides is 2. The van der Waals surface area contributed by atoms with Gasteiger partial charge in [0.05, 0.1) is 6.07 Å². The van der Waals surface area contributed by atoms with Crippen molar-refractivity contribution in [2.75, 3.05) is 19.7 Å². The average molecular weight is 464 g/mol. The van der Waals surface area contributed by atoms with Gasteiger partial charge in [-0.1, -0.05) is 55.5 Å². The first-order valence-electron chi connectivity index (χ1n) is 11.4. The minimum absolute atomic E-state index is 0.104. The fourth-order valence-corrected chi connectivity index (χ4v) is 4.35. The molecule has 0 aromatic heterocycles. The second-order valence-corrected chi connectivity index (χ2v) is 8.23. The number of nitrogens with one attached hydrogen (secondary N) is 1. The number of fused-ring (bicyclic) bond motifs is 3. The molecule has 0 radical (unpaired) electrons. The van der Waals surface area contributed by atoms with Crippen LogP contribution < -0.4 is 5.32 Å². The zero-order chi connectivity index (χ0) is 24.5. The lowest BCUT2D eigenvalue weighted by atomic mass is 9.98. The van der Waals surface area contributed by atoms with Crippen LogP contribution in [0.4, 0.5) is 4.79 Å². The highest BCUT2D eigenvalue weighted by molar-refractivity contribution is 5.88. The number of carbonyl (C=O) groups is 3. The molecule has 1 unspecified atom stereocenters. The zero-order valence-electron chi connectivity index (χ0n) is 19.2. The quantitative estimate of drug-likeness (QED) is 0.488. The summed E-state index contributed by atoms with van der Waals surface area (Å²) in [6.07, 6.45) is 0.668. The molecule has 0 fully saturated rings. The van der Waals surface area contributed by atoms with Crippen molar-refractivity contribution in [2.24, 2.45) is 0 Å². The predicted octanol–water partition coefficient (Wildman–Crippen LogP) is 3.91. The van der Waals surface area contributed by atoms with Crippen LogP contribution in [0.3, 0.4) is 0 Å². The second-order valence-electron chi connectivity index (χ2n) is 8.23. The van der Waals surface area contributed by atoms with Gasteiger partial charge in [0.1, 0.15) is 19.2 Å². The summed E-state index contributed by atoms with van der Waals surface area (Å²) in [5.41, 5.74) is 4.38. The molecular formula is C26H29N3O5. The number of alkyl carbamates (subject to hydrolysis) is 1. The minimum Gasteiger partial charge on any atom is -0.480 e. The molecule has 8 heteroatoms. The van der Waals surface area contributed by atoms with Gasteiger partial charge in [0, 0.05) is 18.9 Å². The molecule has 2 aromatic carbocycles. The number of hydrogen-bond acceptors (Lipinski definition) is 5. The molecule has 2 amide bonds. The van der Waals surface area contributed by atoms with E-state index in [9.17, 15) is 14.4 Å². The van der Waals surface area contributed by atoms with Crippen LogP contribution in [0.1, 0.15) is 49.7 Å². The summed E-state index contributed by atoms with van der Waals surface area (Å²) in [6.45, 7) is 1.75. The Bertz CT molecular complexity index is 1030. The molecule has 1 atom stereocenters. The molecule has 0 saturated heterocycles. The summed E-state index contributed by atoms with van der Waals surface area (Å²) in [4.78, 5) is 38.1. The van der Waals surface area contributed by atoms with Gasteiger partial charge in [-0.05, 0) is 41.5 Å². The summed E-state index contributed by atoms with van der Waals surface area (Å²) in [7, 11) is 0. The first kappa shape index (κ1) is 24.8. The number of benzene rings is 2. The molecule has 34 heavy (non-hydrogen) atoms. The maximum atomic E-state index is 13.0. The van der Waals surface area contributed by atoms with Gasteiger partial charge >= 0.3 is 12.1 Å². The monoisotopic (exact) mass is 463 g/mol. The van der Waals surface area contributed by atoms with Gasteiger partial charge in [0.15, 0.2) is 0 Å². The first-order valence-corrected chi connectivity index (χ1v) is 11.4. The zero-order valence-corrected chi connectivity index (χ0v) is 19.2. The Morgan fingerprint density at radius 1 is 1.12 bits per heavy atom. The van der Waals surface area contributed by atoms with Crippen LogP contribution in [0.25, 0.3) is 11.1 Å². The molecule has 2 aromatic rings. The number of nitriles is 1. The number of rotatable bonds is 11. The van der Waals surface area contributed by atoms with Crippen molar-refractivity contribution in [1.29, 1.82) is 5.26 Å². The molecule has 0 saturated carbocycles. The van der Waals surface area contributed by atoms with Crippen LogP contribution in [0.5, 0.6) is 0 Å². The van der Waals surface area contributed by atoms with Gasteiger partial charge in [0.25, 0.3) is 0 Å². The highest BCUT2D eigenvalue weighted by Crippen LogP contribution is 2.44. The standard InChI is InChI=1S/C26H29N3O5/c1-2-15-29(16-24(30)31)25(32)23(13-7-8-14-27)28-26(33)34-17-22-20-11-5-3-9-18(20)19-10-4-6-12-21(19)22/h3-6,9-12,22-23H,2,7-8,13,15-17H2,1H3,(H,28,33)(H,30,31). The fraction of sp³-hybridized carbons (Fsp3) is 0.385. The Morgan fingerprint density at radius 2 is 1.74 bits per heavy atom. The van der Waals surface area contributed by atoms with Gasteiger partial charge in [-0.25, -0.2) is 4.79 Å². The van der Waals surface area contributed by atoms with Crippen LogP contribution >= 0.6 is 0 Å². The van der Waals surface area contributed by atoms with Crippen LogP contribution in [0, 0.1) is 11.3 Å². The van der Waals surface area contributed by atoms with Gasteiger partial charge in [-0.3, -0.25) is 9.59 Å². The maximum absolute atomic E-state index is 13.0. The number of hydrogen-bond donors (Lipinski definition) is 2. The first-order chi connectivity index (χ1) is 16.5. The number of ether oxygens (including phenoxy) is 1. The summed E-state index contributed by atoms with van der Waals surface area (Å²) >= 11 is 0. The van der Waals surface area contributed by atoms with E-state index in [1.54, 1.807) is 0 Å². The van der Waals surface area contributed by atoms with Crippen molar-refractivity contribution in [3.63, 3.8) is 0 Å². The van der Waals surface area contributed by atoms with Crippen molar-refractivity contribution in [3.8, 4) is 17.2 Å². The fourth-order valence-electron chi connectivity index (χ4n) is 4.35. The van der Waals surface area contributed by atoms with Crippen LogP contribution in [0.2, 0.25) is 0 Å². The van der Waals surface area contributed by atoms with Crippen LogP contribution in [-0.2, 0) is 14.3 Å². The number of carboxylic acids is 1. The van der Waals surface area contributed by atoms with Crippen LogP contribution in [0.15, 0.2) is 48.5 Å². The molecule has 0 aliphatic heterocycles. The molecule has 2 N–H and O–H groups in total. The van der Waals surface area contributed by atoms with Crippen molar-refractivity contribution in [3.05, 3.63) is 59.7 Å². The smallest absolute Gasteiger partial charge is 0.407 e. The second kappa shape index (κ2) is 11.8. The Morgan fingerprint density at radius 3 is 2.29 bits per heavy atom. The average Bonchev–Trinajstić information content (AvgIpc) is 3.15. The topological polar surface area (TPSA) is 120 Å². The number of carbonyl (C=O) groups excluding carboxylic acids is 2. The largest absolute Gasteiger partial charge is 0.480 e. The molecule has 3 rings (SSSR count). The number of nitrogens with zero attached hydrogens (tertiary/aromatic N) is 2. The summed E-state index contributed by atoms with van der Waals surface area (Å²) in [6, 6.07) is 17.0. The van der Waals surface area contributed by atoms with E-state index in [2.05, 4.69) is 5.32 Å². The van der Waals surface area contributed by atoms with Gasteiger partial charge in [-0.2, -0.15) is 5.26 Å². The third-order valence-corrected chi connectivity index (χ3v) is 5.85. The predicted molar refractivity (Wildman–Crippen MR) is 126 cm³/mol. The van der Waals surface area contributed by atoms with E-state index in [0.29, 0.717) is 12.8 Å². The molecule has 1 aliphatic carbocycles. The van der Waals surface area contributed by atoms with Gasteiger partial charge in [0.2, 0.25) is 5.91 Å². The van der Waals surface area contributed by atoms with Gasteiger partial charge < -0.3 is 20.1 Å². The Hall–Kier alpha value is -3.86. The van der Waals surface area contributed by atoms with E-state index in [1.165, 1.54) is 4.90 Å². The Balaban J connectivity index is 1.69. The van der Waals surface area contributed by atoms with Crippen molar-refractivity contribution in [1.82, 2.24) is 10.2 Å². The van der Waals surface area contributed by atoms with Gasteiger partial charge in [-0.15, -0.1) is 0 Å². The molecule has 0 heterocycles. The molecular weight excluding hydrogens is 434 g/mol.